The van der Waals surface area contributed by atoms with Gasteiger partial charge < -0.3 is 23.7 Å². The highest BCUT2D eigenvalue weighted by molar-refractivity contribution is 6.43. The van der Waals surface area contributed by atoms with Crippen molar-refractivity contribution in [2.24, 2.45) is 5.10 Å². The van der Waals surface area contributed by atoms with Crippen molar-refractivity contribution in [3.63, 3.8) is 0 Å². The summed E-state index contributed by atoms with van der Waals surface area (Å²) in [5.74, 6) is -3.62. The Bertz CT molecular complexity index is 950. The Morgan fingerprint density at radius 3 is 1.39 bits per heavy atom. The van der Waals surface area contributed by atoms with Crippen molar-refractivity contribution in [3.8, 4) is 5.75 Å². The number of hydrogen-bond acceptors (Lipinski definition) is 11. The van der Waals surface area contributed by atoms with Gasteiger partial charge in [0.15, 0.2) is 0 Å². The summed E-state index contributed by atoms with van der Waals surface area (Å²) in [6.07, 6.45) is 0. The van der Waals surface area contributed by atoms with Gasteiger partial charge >= 0.3 is 23.9 Å². The zero-order valence-electron chi connectivity index (χ0n) is 17.4. The summed E-state index contributed by atoms with van der Waals surface area (Å²) in [6.45, 7) is 0. The lowest BCUT2D eigenvalue weighted by Gasteiger charge is -2.09. The Labute approximate surface area is 177 Å². The van der Waals surface area contributed by atoms with E-state index in [1.165, 1.54) is 7.11 Å². The third-order valence-electron chi connectivity index (χ3n) is 4.17. The molecule has 1 aliphatic carbocycles. The highest BCUT2D eigenvalue weighted by Gasteiger charge is 2.45. The van der Waals surface area contributed by atoms with Gasteiger partial charge in [-0.25, -0.2) is 19.2 Å². The second-order valence-electron chi connectivity index (χ2n) is 5.77. The molecule has 0 amide bonds. The van der Waals surface area contributed by atoms with Crippen molar-refractivity contribution in [1.82, 2.24) is 0 Å². The minimum absolute atomic E-state index is 0.352. The second-order valence-corrected chi connectivity index (χ2v) is 5.77. The van der Waals surface area contributed by atoms with Crippen molar-refractivity contribution >= 4 is 35.3 Å². The molecule has 164 valence electrons. The quantitative estimate of drug-likeness (QED) is 0.373. The fourth-order valence-corrected chi connectivity index (χ4v) is 2.72. The molecule has 0 radical (unpaired) electrons. The molecular weight excluding hydrogens is 412 g/mol. The lowest BCUT2D eigenvalue weighted by molar-refractivity contribution is -0.140. The number of nitrogens with zero attached hydrogens (tertiary/aromatic N) is 1. The summed E-state index contributed by atoms with van der Waals surface area (Å²) < 4.78 is 23.9. The van der Waals surface area contributed by atoms with Crippen LogP contribution in [0, 0.1) is 0 Å². The van der Waals surface area contributed by atoms with Crippen LogP contribution in [-0.4, -0.2) is 65.1 Å². The summed E-state index contributed by atoms with van der Waals surface area (Å²) >= 11 is 0. The van der Waals surface area contributed by atoms with Gasteiger partial charge in [0.1, 0.15) is 22.6 Å². The lowest BCUT2D eigenvalue weighted by atomic mass is 10.1. The first-order valence-corrected chi connectivity index (χ1v) is 8.65. The molecule has 1 N–H and O–H groups in total. The first-order valence-electron chi connectivity index (χ1n) is 8.65. The van der Waals surface area contributed by atoms with Crippen LogP contribution in [-0.2, 0) is 38.1 Å². The number of carbonyl (C=O) groups excluding carboxylic acids is 4. The van der Waals surface area contributed by atoms with E-state index in [2.05, 4.69) is 10.5 Å². The molecule has 0 saturated heterocycles. The molecule has 0 heterocycles. The van der Waals surface area contributed by atoms with E-state index in [-0.39, 0.29) is 5.71 Å². The predicted octanol–water partition coefficient (Wildman–Crippen LogP) is 0.762. The predicted molar refractivity (Wildman–Crippen MR) is 106 cm³/mol. The van der Waals surface area contributed by atoms with Gasteiger partial charge in [0.05, 0.1) is 52.4 Å². The molecule has 31 heavy (non-hydrogen) atoms. The van der Waals surface area contributed by atoms with Crippen LogP contribution in [0.1, 0.15) is 0 Å². The van der Waals surface area contributed by atoms with Gasteiger partial charge in [-0.3, -0.25) is 5.43 Å². The Morgan fingerprint density at radius 1 is 0.645 bits per heavy atom. The van der Waals surface area contributed by atoms with E-state index in [1.807, 2.05) is 0 Å². The third kappa shape index (κ3) is 4.55. The minimum Gasteiger partial charge on any atom is -0.497 e. The molecule has 11 nitrogen and oxygen atoms in total. The number of anilines is 1. The third-order valence-corrected chi connectivity index (χ3v) is 4.17. The molecule has 0 aliphatic heterocycles. The fourth-order valence-electron chi connectivity index (χ4n) is 2.72. The average molecular weight is 432 g/mol. The first kappa shape index (κ1) is 23.1. The van der Waals surface area contributed by atoms with E-state index < -0.39 is 46.2 Å². The number of benzene rings is 1. The minimum atomic E-state index is -1.07. The number of carbonyl (C=O) groups is 4. The van der Waals surface area contributed by atoms with Gasteiger partial charge in [0.2, 0.25) is 0 Å². The standard InChI is InChI=1S/C20H20N2O9/c1-27-11-8-6-10(7-9-11)21-22-16-14(19(25)30-4)12(17(23)28-2)13(18(24)29-3)15(16)20(26)31-5/h6-9,21H,1-5H3. The summed E-state index contributed by atoms with van der Waals surface area (Å²) in [5.41, 5.74) is 0.770. The van der Waals surface area contributed by atoms with E-state index >= 15 is 0 Å². The van der Waals surface area contributed by atoms with Crippen molar-refractivity contribution in [2.75, 3.05) is 41.0 Å². The molecule has 0 aromatic heterocycles. The number of methoxy groups -OCH3 is 5. The van der Waals surface area contributed by atoms with Crippen molar-refractivity contribution in [2.45, 2.75) is 0 Å². The molecular formula is C20H20N2O9. The SMILES string of the molecule is COC(=O)C1=C(C(=O)OC)C(C(=O)OC)=C(C(=O)OC)C1=NNc1ccc(OC)cc1. The van der Waals surface area contributed by atoms with E-state index in [9.17, 15) is 19.2 Å². The van der Waals surface area contributed by atoms with Crippen LogP contribution in [0.4, 0.5) is 5.69 Å². The number of hydrogen-bond donors (Lipinski definition) is 1. The fraction of sp³-hybridized carbons (Fsp3) is 0.250. The van der Waals surface area contributed by atoms with Crippen molar-refractivity contribution in [3.05, 3.63) is 46.6 Å². The van der Waals surface area contributed by atoms with Gasteiger partial charge in [0, 0.05) is 0 Å². The van der Waals surface area contributed by atoms with Gasteiger partial charge in [-0.15, -0.1) is 0 Å². The molecule has 0 fully saturated rings. The van der Waals surface area contributed by atoms with E-state index in [1.54, 1.807) is 24.3 Å². The maximum Gasteiger partial charge on any atom is 0.341 e. The molecule has 0 bridgehead atoms. The molecule has 1 aromatic carbocycles. The van der Waals surface area contributed by atoms with E-state index in [0.717, 1.165) is 28.4 Å². The van der Waals surface area contributed by atoms with Crippen LogP contribution in [0.3, 0.4) is 0 Å². The Kier molecular flexibility index (Phi) is 7.50. The van der Waals surface area contributed by atoms with Crippen LogP contribution in [0.2, 0.25) is 0 Å². The maximum absolute atomic E-state index is 12.5. The number of ether oxygens (including phenoxy) is 5. The van der Waals surface area contributed by atoms with Crippen LogP contribution in [0.5, 0.6) is 5.75 Å². The monoisotopic (exact) mass is 432 g/mol. The number of esters is 4. The Hall–Kier alpha value is -4.15. The summed E-state index contributed by atoms with van der Waals surface area (Å²) in [6, 6.07) is 6.52. The summed E-state index contributed by atoms with van der Waals surface area (Å²) in [7, 11) is 5.72. The Morgan fingerprint density at radius 2 is 1.03 bits per heavy atom. The number of rotatable bonds is 7. The van der Waals surface area contributed by atoms with Gasteiger partial charge in [0.25, 0.3) is 0 Å². The van der Waals surface area contributed by atoms with Gasteiger partial charge in [-0.1, -0.05) is 0 Å². The molecule has 0 unspecified atom stereocenters. The van der Waals surface area contributed by atoms with Crippen LogP contribution in [0.15, 0.2) is 51.7 Å². The topological polar surface area (TPSA) is 139 Å². The molecule has 1 aromatic rings. The number of hydrazone groups is 1. The second kappa shape index (κ2) is 10.1. The largest absolute Gasteiger partial charge is 0.497 e. The Balaban J connectivity index is 2.76. The van der Waals surface area contributed by atoms with Gasteiger partial charge in [-0.2, -0.15) is 5.10 Å². The average Bonchev–Trinajstić information content (AvgIpc) is 3.15. The van der Waals surface area contributed by atoms with Crippen LogP contribution < -0.4 is 10.2 Å². The van der Waals surface area contributed by atoms with Gasteiger partial charge in [-0.05, 0) is 24.3 Å². The molecule has 2 rings (SSSR count). The molecule has 0 saturated carbocycles. The zero-order valence-corrected chi connectivity index (χ0v) is 17.4. The lowest BCUT2D eigenvalue weighted by Crippen LogP contribution is -2.21. The molecule has 0 atom stereocenters. The highest BCUT2D eigenvalue weighted by atomic mass is 16.5. The number of nitrogens with one attached hydrogen (secondary N) is 1. The maximum atomic E-state index is 12.5. The van der Waals surface area contributed by atoms with E-state index in [4.69, 9.17) is 23.7 Å². The normalized spacial score (nSPS) is 12.9. The zero-order chi connectivity index (χ0) is 23.1. The highest BCUT2D eigenvalue weighted by Crippen LogP contribution is 2.34. The smallest absolute Gasteiger partial charge is 0.341 e. The van der Waals surface area contributed by atoms with Crippen LogP contribution >= 0.6 is 0 Å². The van der Waals surface area contributed by atoms with Crippen LogP contribution in [0.25, 0.3) is 0 Å². The van der Waals surface area contributed by atoms with Crippen molar-refractivity contribution in [1.29, 1.82) is 0 Å². The first-order chi connectivity index (χ1) is 14.8. The molecule has 0 spiro atoms. The molecule has 11 heteroatoms. The van der Waals surface area contributed by atoms with E-state index in [0.29, 0.717) is 11.4 Å². The summed E-state index contributed by atoms with van der Waals surface area (Å²) in [5, 5.41) is 4.08. The molecule has 1 aliphatic rings. The van der Waals surface area contributed by atoms with Crippen molar-refractivity contribution < 1.29 is 42.9 Å². The summed E-state index contributed by atoms with van der Waals surface area (Å²) in [4.78, 5) is 49.9.